The summed E-state index contributed by atoms with van der Waals surface area (Å²) in [6.45, 7) is 27.7. The molecule has 3 aliphatic carbocycles. The first-order chi connectivity index (χ1) is 30.3. The summed E-state index contributed by atoms with van der Waals surface area (Å²) in [5.41, 5.74) is 19.7. The summed E-state index contributed by atoms with van der Waals surface area (Å²) >= 11 is 0. The Kier molecular flexibility index (Phi) is 15.4. The first-order valence-electron chi connectivity index (χ1n) is 23.9. The number of benzene rings is 4. The number of para-hydroxylation sites is 2. The third-order valence-corrected chi connectivity index (χ3v) is 14.2. The monoisotopic (exact) mass is 836 g/mol. The van der Waals surface area contributed by atoms with Crippen LogP contribution in [0.3, 0.4) is 0 Å². The number of ether oxygens (including phenoxy) is 1. The lowest BCUT2D eigenvalue weighted by Crippen LogP contribution is -2.47. The van der Waals surface area contributed by atoms with E-state index in [2.05, 4.69) is 189 Å². The Labute approximate surface area is 383 Å². The zero-order valence-corrected chi connectivity index (χ0v) is 40.8. The Bertz CT molecular complexity index is 2360. The molecule has 2 nitrogen and oxygen atoms in total. The van der Waals surface area contributed by atoms with Crippen LogP contribution >= 0.6 is 0 Å². The van der Waals surface area contributed by atoms with E-state index < -0.39 is 0 Å². The van der Waals surface area contributed by atoms with Crippen LogP contribution in [0.25, 0.3) is 0 Å². The van der Waals surface area contributed by atoms with Gasteiger partial charge in [-0.3, -0.25) is 0 Å². The molecule has 1 heterocycles. The Balaban J connectivity index is 0.00000127. The average molecular weight is 836 g/mol. The van der Waals surface area contributed by atoms with E-state index in [0.29, 0.717) is 12.6 Å². The van der Waals surface area contributed by atoms with Crippen molar-refractivity contribution in [3.63, 3.8) is 0 Å². The molecule has 1 saturated carbocycles. The minimum atomic E-state index is -0.0572. The first-order valence-corrected chi connectivity index (χ1v) is 23.9. The van der Waals surface area contributed by atoms with Crippen LogP contribution in [0.2, 0.25) is 6.32 Å². The van der Waals surface area contributed by atoms with Crippen LogP contribution in [-0.2, 0) is 5.41 Å². The van der Waals surface area contributed by atoms with Crippen LogP contribution in [0, 0.1) is 65.2 Å². The molecule has 0 radical (unpaired) electrons. The molecular formula is C60H74BNO. The maximum atomic E-state index is 6.58. The molecule has 0 N–H and O–H groups in total. The summed E-state index contributed by atoms with van der Waals surface area (Å²) in [5, 5.41) is 0. The van der Waals surface area contributed by atoms with Gasteiger partial charge in [0.1, 0.15) is 5.76 Å². The smallest absolute Gasteiger partial charge is 0.214 e. The summed E-state index contributed by atoms with van der Waals surface area (Å²) in [6, 6.07) is 27.8. The molecule has 3 heteroatoms. The summed E-state index contributed by atoms with van der Waals surface area (Å²) in [4.78, 5) is 2.48. The third kappa shape index (κ3) is 10.3. The van der Waals surface area contributed by atoms with Crippen LogP contribution in [-0.4, -0.2) is 13.3 Å². The number of fused-ring (bicyclic) bond motifs is 2. The van der Waals surface area contributed by atoms with Crippen molar-refractivity contribution >= 4 is 29.0 Å². The van der Waals surface area contributed by atoms with Gasteiger partial charge in [0.2, 0.25) is 6.71 Å². The molecule has 4 aromatic rings. The number of terminal acetylenes is 1. The highest BCUT2D eigenvalue weighted by atomic mass is 16.5. The number of anilines is 2. The molecule has 0 amide bonds. The number of rotatable bonds is 9. The number of hydrogen-bond donors (Lipinski definition) is 0. The van der Waals surface area contributed by atoms with Crippen molar-refractivity contribution in [1.29, 1.82) is 0 Å². The van der Waals surface area contributed by atoms with Gasteiger partial charge in [-0.25, -0.2) is 0 Å². The topological polar surface area (TPSA) is 12.5 Å². The fraction of sp³-hybridized carbons (Fsp3) is 0.400. The second-order valence-electron chi connectivity index (χ2n) is 18.9. The molecule has 63 heavy (non-hydrogen) atoms. The van der Waals surface area contributed by atoms with Gasteiger partial charge in [-0.1, -0.05) is 156 Å². The molecule has 3 unspecified atom stereocenters. The second kappa shape index (κ2) is 20.5. The molecule has 3 atom stereocenters. The number of hydrogen-bond acceptors (Lipinski definition) is 2. The van der Waals surface area contributed by atoms with E-state index in [1.165, 1.54) is 86.0 Å². The van der Waals surface area contributed by atoms with Gasteiger partial charge in [-0.2, -0.15) is 0 Å². The SMILES string of the molecule is C#CC.C/C=C(\C=C/CB(c1c(C)cc(C)cc1C)c1c(C)cc(C)cc1C)C1(C)C=C2CC2CC(CC)(c2ccc(N3CC4=C(C=CCCC4)Oc4ccccc43)cc2)C1.CC. The summed E-state index contributed by atoms with van der Waals surface area (Å²) < 4.78 is 6.58. The highest BCUT2D eigenvalue weighted by molar-refractivity contribution is 6.86. The Morgan fingerprint density at radius 3 is 2.10 bits per heavy atom. The molecule has 1 aliphatic heterocycles. The van der Waals surface area contributed by atoms with Gasteiger partial charge in [0.15, 0.2) is 5.75 Å². The predicted octanol–water partition coefficient (Wildman–Crippen LogP) is 14.9. The molecule has 4 aromatic carbocycles. The van der Waals surface area contributed by atoms with Crippen LogP contribution in [0.5, 0.6) is 5.75 Å². The van der Waals surface area contributed by atoms with Gasteiger partial charge < -0.3 is 9.64 Å². The Morgan fingerprint density at radius 1 is 0.905 bits per heavy atom. The van der Waals surface area contributed by atoms with Crippen molar-refractivity contribution < 1.29 is 4.74 Å². The Hall–Kier alpha value is -5.20. The third-order valence-electron chi connectivity index (χ3n) is 14.2. The zero-order valence-electron chi connectivity index (χ0n) is 40.8. The summed E-state index contributed by atoms with van der Waals surface area (Å²) in [6.07, 6.45) is 28.2. The lowest BCUT2D eigenvalue weighted by Gasteiger charge is -2.41. The van der Waals surface area contributed by atoms with Gasteiger partial charge >= 0.3 is 0 Å². The van der Waals surface area contributed by atoms with Gasteiger partial charge in [-0.15, -0.1) is 12.3 Å². The molecule has 1 fully saturated rings. The van der Waals surface area contributed by atoms with E-state index in [-0.39, 0.29) is 10.8 Å². The fourth-order valence-electron chi connectivity index (χ4n) is 11.5. The summed E-state index contributed by atoms with van der Waals surface area (Å²) in [5.74, 6) is 4.91. The van der Waals surface area contributed by atoms with Crippen LogP contribution in [0.1, 0.15) is 125 Å². The van der Waals surface area contributed by atoms with Crippen molar-refractivity contribution in [2.45, 2.75) is 140 Å². The summed E-state index contributed by atoms with van der Waals surface area (Å²) in [7, 11) is 0. The highest BCUT2D eigenvalue weighted by Crippen LogP contribution is 2.59. The molecule has 0 aromatic heterocycles. The largest absolute Gasteiger partial charge is 0.455 e. The fourth-order valence-corrected chi connectivity index (χ4v) is 11.5. The minimum Gasteiger partial charge on any atom is -0.455 e. The minimum absolute atomic E-state index is 0.0572. The molecule has 328 valence electrons. The van der Waals surface area contributed by atoms with E-state index >= 15 is 0 Å². The average Bonchev–Trinajstić information content (AvgIpc) is 4.05. The lowest BCUT2D eigenvalue weighted by atomic mass is 9.36. The maximum Gasteiger partial charge on any atom is 0.214 e. The second-order valence-corrected chi connectivity index (χ2v) is 18.9. The molecular weight excluding hydrogens is 761 g/mol. The van der Waals surface area contributed by atoms with Gasteiger partial charge in [0.05, 0.1) is 5.69 Å². The molecule has 4 aliphatic rings. The Morgan fingerprint density at radius 2 is 1.51 bits per heavy atom. The van der Waals surface area contributed by atoms with Crippen LogP contribution in [0.4, 0.5) is 11.4 Å². The van der Waals surface area contributed by atoms with Gasteiger partial charge in [-0.05, 0) is 165 Å². The van der Waals surface area contributed by atoms with Crippen LogP contribution in [0.15, 0.2) is 132 Å². The van der Waals surface area contributed by atoms with Crippen molar-refractivity contribution in [2.75, 3.05) is 11.4 Å². The van der Waals surface area contributed by atoms with Crippen molar-refractivity contribution in [3.8, 4) is 18.1 Å². The van der Waals surface area contributed by atoms with E-state index in [1.54, 1.807) is 12.5 Å². The van der Waals surface area contributed by atoms with Crippen LogP contribution < -0.4 is 20.6 Å². The highest BCUT2D eigenvalue weighted by Gasteiger charge is 2.48. The van der Waals surface area contributed by atoms with E-state index in [4.69, 9.17) is 4.74 Å². The van der Waals surface area contributed by atoms with Gasteiger partial charge in [0, 0.05) is 17.6 Å². The van der Waals surface area contributed by atoms with Crippen molar-refractivity contribution in [2.24, 2.45) is 11.3 Å². The molecule has 0 spiro atoms. The standard InChI is InChI=1S/C55H64BNO.C3H4.C2H6/c1-10-46(19-17-27-56(52-39(5)28-37(3)29-40(52)6)53-41(7)30-38(4)31-42(53)8)54(9)33-44-32-45(44)34-55(11-2,36-54)47-23-25-48(26-24-47)57-35-43-18-13-12-14-21-50(43)58-51-22-16-15-20-49(51)57;1-3-2;1-2/h10,14-17,19-26,28-31,33,45H,11-13,18,27,32,34-36H2,1-9H3;1H,2H3;1-2H3/b19-17-,46-10+;;. The van der Waals surface area contributed by atoms with Crippen molar-refractivity contribution in [1.82, 2.24) is 0 Å². The van der Waals surface area contributed by atoms with Crippen molar-refractivity contribution in [3.05, 3.63) is 171 Å². The van der Waals surface area contributed by atoms with Gasteiger partial charge in [0.25, 0.3) is 0 Å². The number of nitrogens with zero attached hydrogens (tertiary/aromatic N) is 1. The first kappa shape index (κ1) is 47.3. The quantitative estimate of drug-likeness (QED) is 0.0721. The van der Waals surface area contributed by atoms with E-state index in [9.17, 15) is 0 Å². The van der Waals surface area contributed by atoms with E-state index in [0.717, 1.165) is 55.7 Å². The normalized spacial score (nSPS) is 21.4. The predicted molar refractivity (Wildman–Crippen MR) is 276 cm³/mol. The number of aryl methyl sites for hydroxylation is 6. The maximum absolute atomic E-state index is 6.58. The molecule has 0 saturated heterocycles. The number of allylic oxidation sites excluding steroid dienone is 8. The molecule has 8 rings (SSSR count). The molecule has 0 bridgehead atoms. The van der Waals surface area contributed by atoms with E-state index in [1.807, 2.05) is 13.8 Å². The lowest BCUT2D eigenvalue weighted by molar-refractivity contribution is 0.269. The zero-order chi connectivity index (χ0) is 45.5.